The van der Waals surface area contributed by atoms with Crippen LogP contribution in [0.4, 0.5) is 0 Å². The lowest BCUT2D eigenvalue weighted by molar-refractivity contribution is -0.960. The molecule has 0 aromatic carbocycles. The summed E-state index contributed by atoms with van der Waals surface area (Å²) in [7, 11) is 0. The minimum absolute atomic E-state index is 0.0199. The van der Waals surface area contributed by atoms with Gasteiger partial charge in [-0.15, -0.1) is 0 Å². The molecule has 7 atom stereocenters. The molecule has 1 spiro atoms. The number of nitrogens with zero attached hydrogens (tertiary/aromatic N) is 1. The Labute approximate surface area is 125 Å². The summed E-state index contributed by atoms with van der Waals surface area (Å²) in [5.41, 5.74) is -2.04. The molecule has 2 saturated heterocycles. The fraction of sp³-hybridized carbons (Fsp3) is 0.938. The zero-order valence-corrected chi connectivity index (χ0v) is 12.6. The van der Waals surface area contributed by atoms with Crippen LogP contribution < -0.4 is 0 Å². The third-order valence-electron chi connectivity index (χ3n) is 7.19. The average molecular weight is 295 g/mol. The minimum Gasteiger partial charge on any atom is -0.632 e. The van der Waals surface area contributed by atoms with Gasteiger partial charge in [-0.25, -0.2) is 0 Å². The SMILES string of the molecule is C[C@H]1C[C@@]23[C@@H]4CCC[N+]2([O-])CCC[C@]3(O)[C@H](CC4=O)[C@@H]1O. The molecule has 2 aliphatic carbocycles. The molecule has 2 heterocycles. The number of Topliss-reactive ketones (excluding diaryl/α,β-unsaturated/α-hetero) is 1. The molecule has 4 aliphatic rings. The van der Waals surface area contributed by atoms with Crippen molar-refractivity contribution >= 4 is 5.78 Å². The number of hydroxylamine groups is 3. The first-order chi connectivity index (χ1) is 9.86. The lowest BCUT2D eigenvalue weighted by Gasteiger charge is -2.74. The second kappa shape index (κ2) is 4.07. The van der Waals surface area contributed by atoms with Crippen molar-refractivity contribution in [1.29, 1.82) is 0 Å². The molecule has 5 heteroatoms. The third kappa shape index (κ3) is 1.39. The van der Waals surface area contributed by atoms with E-state index in [-0.39, 0.29) is 24.0 Å². The maximum absolute atomic E-state index is 13.6. The summed E-state index contributed by atoms with van der Waals surface area (Å²) >= 11 is 0. The normalized spacial score (nSPS) is 59.5. The molecular weight excluding hydrogens is 270 g/mol. The van der Waals surface area contributed by atoms with Gasteiger partial charge in [0.05, 0.1) is 25.1 Å². The fourth-order valence-electron chi connectivity index (χ4n) is 6.42. The van der Waals surface area contributed by atoms with Gasteiger partial charge < -0.3 is 20.1 Å². The maximum atomic E-state index is 13.6. The predicted octanol–water partition coefficient (Wildman–Crippen LogP) is 0.964. The summed E-state index contributed by atoms with van der Waals surface area (Å²) in [6.07, 6.45) is 2.83. The van der Waals surface area contributed by atoms with E-state index in [0.717, 1.165) is 12.8 Å². The Bertz CT molecular complexity index is 493. The maximum Gasteiger partial charge on any atom is 0.142 e. The van der Waals surface area contributed by atoms with Gasteiger partial charge in [-0.2, -0.15) is 0 Å². The summed E-state index contributed by atoms with van der Waals surface area (Å²) in [6.45, 7) is 3.00. The van der Waals surface area contributed by atoms with E-state index in [2.05, 4.69) is 0 Å². The molecule has 118 valence electrons. The number of aliphatic hydroxyl groups is 2. The van der Waals surface area contributed by atoms with E-state index < -0.39 is 27.8 Å². The van der Waals surface area contributed by atoms with Crippen molar-refractivity contribution in [3.63, 3.8) is 0 Å². The molecule has 4 fully saturated rings. The molecular formula is C16H25NO4. The van der Waals surface area contributed by atoms with Crippen molar-refractivity contribution < 1.29 is 19.7 Å². The molecule has 5 nitrogen and oxygen atoms in total. The van der Waals surface area contributed by atoms with Crippen LogP contribution in [0.3, 0.4) is 0 Å². The van der Waals surface area contributed by atoms with Gasteiger partial charge in [-0.05, 0) is 31.6 Å². The Morgan fingerprint density at radius 1 is 1.33 bits per heavy atom. The molecule has 1 unspecified atom stereocenters. The van der Waals surface area contributed by atoms with Crippen LogP contribution in [0.1, 0.15) is 45.4 Å². The van der Waals surface area contributed by atoms with Gasteiger partial charge in [0, 0.05) is 18.8 Å². The fourth-order valence-corrected chi connectivity index (χ4v) is 6.42. The summed E-state index contributed by atoms with van der Waals surface area (Å²) in [5, 5.41) is 35.6. The Balaban J connectivity index is 1.95. The Morgan fingerprint density at radius 2 is 2.05 bits per heavy atom. The summed E-state index contributed by atoms with van der Waals surface area (Å²) in [4.78, 5) is 12.6. The number of hydrogen-bond acceptors (Lipinski definition) is 4. The highest BCUT2D eigenvalue weighted by atomic mass is 16.6. The number of piperidine rings is 2. The zero-order valence-electron chi connectivity index (χ0n) is 12.6. The molecule has 2 saturated carbocycles. The number of carbonyl (C=O) groups is 1. The summed E-state index contributed by atoms with van der Waals surface area (Å²) in [5.74, 6) is -0.667. The van der Waals surface area contributed by atoms with Crippen molar-refractivity contribution in [2.24, 2.45) is 17.8 Å². The second-order valence-corrected chi connectivity index (χ2v) is 7.93. The topological polar surface area (TPSA) is 80.6 Å². The number of rotatable bonds is 0. The first-order valence-electron chi connectivity index (χ1n) is 8.37. The minimum atomic E-state index is -1.15. The predicted molar refractivity (Wildman–Crippen MR) is 75.9 cm³/mol. The van der Waals surface area contributed by atoms with E-state index in [4.69, 9.17) is 0 Å². The lowest BCUT2D eigenvalue weighted by Crippen LogP contribution is -2.86. The van der Waals surface area contributed by atoms with Crippen LogP contribution in [0.25, 0.3) is 0 Å². The van der Waals surface area contributed by atoms with Crippen LogP contribution in [0.2, 0.25) is 0 Å². The summed E-state index contributed by atoms with van der Waals surface area (Å²) < 4.78 is -0.395. The van der Waals surface area contributed by atoms with Crippen molar-refractivity contribution in [2.75, 3.05) is 13.1 Å². The smallest absolute Gasteiger partial charge is 0.142 e. The van der Waals surface area contributed by atoms with Crippen LogP contribution in [0, 0.1) is 23.0 Å². The van der Waals surface area contributed by atoms with Crippen molar-refractivity contribution in [3.8, 4) is 0 Å². The van der Waals surface area contributed by atoms with E-state index >= 15 is 0 Å². The second-order valence-electron chi connectivity index (χ2n) is 7.93. The standard InChI is InChI=1S/C16H25NO4/c1-10-9-15-11-4-2-6-17(15,21)7-3-5-16(15,20)12(14(10)19)8-13(11)18/h10-12,14,19-20H,2-9H2,1H3/t10-,11+,12+,14+,15-,16-,17?/m0/s1. The van der Waals surface area contributed by atoms with Gasteiger partial charge in [0.25, 0.3) is 0 Å². The highest BCUT2D eigenvalue weighted by Gasteiger charge is 2.76. The largest absolute Gasteiger partial charge is 0.632 e. The number of ketones is 1. The molecule has 2 aliphatic heterocycles. The monoisotopic (exact) mass is 295 g/mol. The molecule has 0 aromatic heterocycles. The van der Waals surface area contributed by atoms with Gasteiger partial charge >= 0.3 is 0 Å². The lowest BCUT2D eigenvalue weighted by atomic mass is 9.45. The molecule has 0 amide bonds. The van der Waals surface area contributed by atoms with Crippen molar-refractivity contribution in [3.05, 3.63) is 5.21 Å². The number of aliphatic hydroxyl groups excluding tert-OH is 1. The Hall–Kier alpha value is -0.490. The average Bonchev–Trinajstić information content (AvgIpc) is 2.42. The van der Waals surface area contributed by atoms with Gasteiger partial charge in [0.1, 0.15) is 16.9 Å². The molecule has 2 N–H and O–H groups in total. The first-order valence-corrected chi connectivity index (χ1v) is 8.37. The van der Waals surface area contributed by atoms with Gasteiger partial charge in [0.2, 0.25) is 0 Å². The van der Waals surface area contributed by atoms with Gasteiger partial charge in [-0.3, -0.25) is 4.79 Å². The first kappa shape index (κ1) is 14.1. The molecule has 0 radical (unpaired) electrons. The van der Waals surface area contributed by atoms with Crippen LogP contribution in [-0.4, -0.2) is 51.0 Å². The summed E-state index contributed by atoms with van der Waals surface area (Å²) in [6, 6.07) is 0. The zero-order chi connectivity index (χ0) is 15.0. The molecule has 21 heavy (non-hydrogen) atoms. The molecule has 2 bridgehead atoms. The highest BCUT2D eigenvalue weighted by molar-refractivity contribution is 5.84. The number of quaternary nitrogens is 1. The van der Waals surface area contributed by atoms with E-state index in [0.29, 0.717) is 32.4 Å². The van der Waals surface area contributed by atoms with E-state index in [1.165, 1.54) is 0 Å². The number of carbonyl (C=O) groups excluding carboxylic acids is 1. The Kier molecular flexibility index (Phi) is 2.74. The highest BCUT2D eigenvalue weighted by Crippen LogP contribution is 2.63. The van der Waals surface area contributed by atoms with E-state index in [9.17, 15) is 20.2 Å². The molecule has 0 aromatic rings. The van der Waals surface area contributed by atoms with Gasteiger partial charge in [-0.1, -0.05) is 6.92 Å². The quantitative estimate of drug-likeness (QED) is 0.515. The third-order valence-corrected chi connectivity index (χ3v) is 7.19. The van der Waals surface area contributed by atoms with Crippen LogP contribution >= 0.6 is 0 Å². The Morgan fingerprint density at radius 3 is 2.81 bits per heavy atom. The van der Waals surface area contributed by atoms with Crippen molar-refractivity contribution in [2.45, 2.75) is 62.7 Å². The van der Waals surface area contributed by atoms with Crippen molar-refractivity contribution in [1.82, 2.24) is 0 Å². The van der Waals surface area contributed by atoms with E-state index in [1.54, 1.807) is 0 Å². The molecule has 4 rings (SSSR count). The van der Waals surface area contributed by atoms with Crippen LogP contribution in [0.5, 0.6) is 0 Å². The van der Waals surface area contributed by atoms with Crippen LogP contribution in [0.15, 0.2) is 0 Å². The van der Waals surface area contributed by atoms with Crippen LogP contribution in [-0.2, 0) is 4.79 Å². The van der Waals surface area contributed by atoms with E-state index in [1.807, 2.05) is 6.92 Å². The van der Waals surface area contributed by atoms with Gasteiger partial charge in [0.15, 0.2) is 0 Å². The number of hydrogen-bond donors (Lipinski definition) is 2.